The van der Waals surface area contributed by atoms with Crippen LogP contribution in [-0.4, -0.2) is 0 Å². The molecular weight excluding hydrogens is 609 g/mol. The number of hydrogen-bond acceptors (Lipinski definition) is 2. The van der Waals surface area contributed by atoms with E-state index in [4.69, 9.17) is 8.83 Å². The Kier molecular flexibility index (Phi) is 5.70. The Morgan fingerprint density at radius 3 is 1.46 bits per heavy atom. The second kappa shape index (κ2) is 10.4. The van der Waals surface area contributed by atoms with Gasteiger partial charge in [0.05, 0.1) is 0 Å². The molecule has 11 aromatic rings. The minimum atomic E-state index is 0.865. The molecule has 0 bridgehead atoms. The van der Waals surface area contributed by atoms with Crippen molar-refractivity contribution in [2.75, 3.05) is 0 Å². The summed E-state index contributed by atoms with van der Waals surface area (Å²) in [4.78, 5) is 0. The molecule has 2 nitrogen and oxygen atoms in total. The lowest BCUT2D eigenvalue weighted by Crippen LogP contribution is -1.92. The van der Waals surface area contributed by atoms with E-state index >= 15 is 0 Å². The molecule has 0 saturated heterocycles. The standard InChI is InChI=1S/C48H28O2/c1-2-13-29(14-3-1)44-33-17-6-8-19-35(33)45(36-20-9-7-18-34(36)44)37-26-25-32(30-15-4-5-16-31(30)37)38-22-12-23-40-47-43(50-48(38)40)28-27-42-46(47)39-21-10-11-24-41(39)49-42/h1-28H. The first kappa shape index (κ1) is 27.3. The van der Waals surface area contributed by atoms with Crippen LogP contribution in [0.5, 0.6) is 0 Å². The lowest BCUT2D eigenvalue weighted by atomic mass is 9.84. The monoisotopic (exact) mass is 636 g/mol. The van der Waals surface area contributed by atoms with Crippen LogP contribution < -0.4 is 0 Å². The third kappa shape index (κ3) is 3.79. The van der Waals surface area contributed by atoms with E-state index in [0.717, 1.165) is 55.0 Å². The zero-order chi connectivity index (χ0) is 32.8. The summed E-state index contributed by atoms with van der Waals surface area (Å²) in [5.74, 6) is 0. The van der Waals surface area contributed by atoms with Crippen molar-refractivity contribution in [3.63, 3.8) is 0 Å². The molecule has 0 spiro atoms. The van der Waals surface area contributed by atoms with Gasteiger partial charge in [-0.05, 0) is 78.3 Å². The van der Waals surface area contributed by atoms with Crippen LogP contribution in [0, 0.1) is 0 Å². The van der Waals surface area contributed by atoms with Crippen molar-refractivity contribution in [3.8, 4) is 33.4 Å². The zero-order valence-corrected chi connectivity index (χ0v) is 27.0. The quantitative estimate of drug-likeness (QED) is 0.180. The van der Waals surface area contributed by atoms with Gasteiger partial charge in [-0.25, -0.2) is 0 Å². The predicted molar refractivity (Wildman–Crippen MR) is 210 cm³/mol. The number of hydrogen-bond donors (Lipinski definition) is 0. The Balaban J connectivity index is 1.20. The molecule has 0 aliphatic rings. The van der Waals surface area contributed by atoms with Crippen molar-refractivity contribution >= 4 is 76.2 Å². The second-order valence-corrected chi connectivity index (χ2v) is 13.1. The largest absolute Gasteiger partial charge is 0.456 e. The second-order valence-electron chi connectivity index (χ2n) is 13.1. The summed E-state index contributed by atoms with van der Waals surface area (Å²) in [6, 6.07) is 60.8. The Hall–Kier alpha value is -6.64. The fourth-order valence-corrected chi connectivity index (χ4v) is 8.40. The highest BCUT2D eigenvalue weighted by Crippen LogP contribution is 2.48. The summed E-state index contributed by atoms with van der Waals surface area (Å²) in [5, 5.41) is 11.8. The molecular formula is C48H28O2. The summed E-state index contributed by atoms with van der Waals surface area (Å²) in [7, 11) is 0. The third-order valence-corrected chi connectivity index (χ3v) is 10.5. The minimum Gasteiger partial charge on any atom is -0.456 e. The molecule has 0 radical (unpaired) electrons. The van der Waals surface area contributed by atoms with Crippen LogP contribution in [0.4, 0.5) is 0 Å². The van der Waals surface area contributed by atoms with Gasteiger partial charge >= 0.3 is 0 Å². The van der Waals surface area contributed by atoms with Gasteiger partial charge in [0.2, 0.25) is 0 Å². The van der Waals surface area contributed by atoms with E-state index in [-0.39, 0.29) is 0 Å². The zero-order valence-electron chi connectivity index (χ0n) is 27.0. The molecule has 0 atom stereocenters. The smallest absolute Gasteiger partial charge is 0.143 e. The molecule has 232 valence electrons. The summed E-state index contributed by atoms with van der Waals surface area (Å²) in [5.41, 5.74) is 10.7. The normalized spacial score (nSPS) is 12.0. The van der Waals surface area contributed by atoms with E-state index < -0.39 is 0 Å². The van der Waals surface area contributed by atoms with Crippen molar-refractivity contribution in [2.45, 2.75) is 0 Å². The highest BCUT2D eigenvalue weighted by atomic mass is 16.3. The molecule has 0 saturated carbocycles. The SMILES string of the molecule is c1ccc(-c2c3ccccc3c(-c3ccc(-c4cccc5c4oc4ccc6oc7ccccc7c6c45)c4ccccc34)c3ccccc23)cc1. The summed E-state index contributed by atoms with van der Waals surface area (Å²) in [6.07, 6.45) is 0. The van der Waals surface area contributed by atoms with Crippen LogP contribution in [0.25, 0.3) is 110 Å². The Morgan fingerprint density at radius 1 is 0.260 bits per heavy atom. The third-order valence-electron chi connectivity index (χ3n) is 10.5. The minimum absolute atomic E-state index is 0.865. The number of rotatable bonds is 3. The van der Waals surface area contributed by atoms with Crippen LogP contribution in [0.15, 0.2) is 179 Å². The molecule has 9 aromatic carbocycles. The lowest BCUT2D eigenvalue weighted by Gasteiger charge is -2.19. The molecule has 2 heterocycles. The molecule has 0 unspecified atom stereocenters. The van der Waals surface area contributed by atoms with E-state index in [1.165, 1.54) is 54.6 Å². The maximum atomic E-state index is 6.76. The number of benzene rings is 9. The van der Waals surface area contributed by atoms with E-state index in [1.807, 2.05) is 24.3 Å². The Labute approximate surface area is 287 Å². The Bertz CT molecular complexity index is 3080. The summed E-state index contributed by atoms with van der Waals surface area (Å²) < 4.78 is 13.0. The first-order valence-electron chi connectivity index (χ1n) is 17.1. The topological polar surface area (TPSA) is 26.3 Å². The molecule has 0 aliphatic heterocycles. The lowest BCUT2D eigenvalue weighted by molar-refractivity contribution is 0.663. The van der Waals surface area contributed by atoms with Crippen LogP contribution in [-0.2, 0) is 0 Å². The average Bonchev–Trinajstić information content (AvgIpc) is 3.75. The van der Waals surface area contributed by atoms with E-state index in [0.29, 0.717) is 0 Å². The number of furan rings is 2. The molecule has 11 rings (SSSR count). The van der Waals surface area contributed by atoms with Gasteiger partial charge in [-0.1, -0.05) is 152 Å². The number of para-hydroxylation sites is 2. The van der Waals surface area contributed by atoms with Gasteiger partial charge in [-0.15, -0.1) is 0 Å². The summed E-state index contributed by atoms with van der Waals surface area (Å²) in [6.45, 7) is 0. The van der Waals surface area contributed by atoms with Crippen LogP contribution in [0.3, 0.4) is 0 Å². The van der Waals surface area contributed by atoms with E-state index in [1.54, 1.807) is 0 Å². The van der Waals surface area contributed by atoms with Gasteiger partial charge in [0.1, 0.15) is 22.3 Å². The van der Waals surface area contributed by atoms with Crippen molar-refractivity contribution in [3.05, 3.63) is 170 Å². The van der Waals surface area contributed by atoms with Crippen LogP contribution in [0.2, 0.25) is 0 Å². The highest BCUT2D eigenvalue weighted by Gasteiger charge is 2.21. The van der Waals surface area contributed by atoms with Gasteiger partial charge < -0.3 is 8.83 Å². The van der Waals surface area contributed by atoms with Gasteiger partial charge in [-0.3, -0.25) is 0 Å². The molecule has 2 aromatic heterocycles. The molecule has 0 fully saturated rings. The maximum Gasteiger partial charge on any atom is 0.143 e. The summed E-state index contributed by atoms with van der Waals surface area (Å²) >= 11 is 0. The molecule has 50 heavy (non-hydrogen) atoms. The first-order chi connectivity index (χ1) is 24.8. The number of fused-ring (bicyclic) bond motifs is 10. The maximum absolute atomic E-state index is 6.76. The van der Waals surface area contributed by atoms with Crippen molar-refractivity contribution < 1.29 is 8.83 Å². The van der Waals surface area contributed by atoms with E-state index in [9.17, 15) is 0 Å². The predicted octanol–water partition coefficient (Wildman–Crippen LogP) is 13.9. The fraction of sp³-hybridized carbons (Fsp3) is 0. The van der Waals surface area contributed by atoms with Crippen molar-refractivity contribution in [2.24, 2.45) is 0 Å². The van der Waals surface area contributed by atoms with Crippen molar-refractivity contribution in [1.82, 2.24) is 0 Å². The highest BCUT2D eigenvalue weighted by molar-refractivity contribution is 6.28. The van der Waals surface area contributed by atoms with Gasteiger partial charge in [0.15, 0.2) is 0 Å². The van der Waals surface area contributed by atoms with Crippen LogP contribution in [0.1, 0.15) is 0 Å². The van der Waals surface area contributed by atoms with Crippen molar-refractivity contribution in [1.29, 1.82) is 0 Å². The first-order valence-corrected chi connectivity index (χ1v) is 17.1. The molecule has 0 amide bonds. The van der Waals surface area contributed by atoms with E-state index in [2.05, 4.69) is 146 Å². The molecule has 0 aliphatic carbocycles. The molecule has 0 N–H and O–H groups in total. The Morgan fingerprint density at radius 2 is 0.760 bits per heavy atom. The average molecular weight is 637 g/mol. The fourth-order valence-electron chi connectivity index (χ4n) is 8.40. The van der Waals surface area contributed by atoms with Gasteiger partial charge in [-0.2, -0.15) is 0 Å². The van der Waals surface area contributed by atoms with Crippen LogP contribution >= 0.6 is 0 Å². The van der Waals surface area contributed by atoms with Gasteiger partial charge in [0.25, 0.3) is 0 Å². The van der Waals surface area contributed by atoms with Gasteiger partial charge in [0, 0.05) is 27.1 Å². The molecule has 2 heteroatoms.